The molecule has 1 atom stereocenters. The number of benzene rings is 1. The van der Waals surface area contributed by atoms with Crippen molar-refractivity contribution in [2.24, 2.45) is 10.3 Å². The predicted octanol–water partition coefficient (Wildman–Crippen LogP) is 5.72. The van der Waals surface area contributed by atoms with Gasteiger partial charge >= 0.3 is 0 Å². The molecule has 0 N–H and O–H groups in total. The minimum atomic E-state index is -1.17. The van der Waals surface area contributed by atoms with Gasteiger partial charge in [-0.15, -0.1) is 0 Å². The lowest BCUT2D eigenvalue weighted by Crippen LogP contribution is -2.21. The third kappa shape index (κ3) is 5.42. The van der Waals surface area contributed by atoms with E-state index in [-0.39, 0.29) is 4.75 Å². The molecule has 1 aliphatic carbocycles. The SMILES string of the molecule is CC(C)(C)S(=O)/N=C/C1CCC(c2cnn3ccc(OCc4ccccc4)cc23)CC1. The first-order chi connectivity index (χ1) is 14.9. The molecule has 6 heteroatoms. The topological polar surface area (TPSA) is 56.0 Å². The van der Waals surface area contributed by atoms with Crippen LogP contribution in [-0.4, -0.2) is 24.8 Å². The summed E-state index contributed by atoms with van der Waals surface area (Å²) in [5.74, 6) is 1.76. The number of hydrogen-bond donors (Lipinski definition) is 0. The van der Waals surface area contributed by atoms with Gasteiger partial charge < -0.3 is 4.74 Å². The van der Waals surface area contributed by atoms with Gasteiger partial charge in [0.1, 0.15) is 23.3 Å². The molecule has 2 aromatic heterocycles. The van der Waals surface area contributed by atoms with E-state index < -0.39 is 11.0 Å². The lowest BCUT2D eigenvalue weighted by Gasteiger charge is -2.26. The Balaban J connectivity index is 1.41. The highest BCUT2D eigenvalue weighted by Gasteiger charge is 2.25. The fraction of sp³-hybridized carbons (Fsp3) is 0.440. The van der Waals surface area contributed by atoms with E-state index in [1.54, 1.807) is 0 Å². The molecule has 3 aromatic rings. The number of rotatable bonds is 6. The molecule has 164 valence electrons. The maximum Gasteiger partial charge on any atom is 0.144 e. The van der Waals surface area contributed by atoms with Crippen molar-refractivity contribution in [3.63, 3.8) is 0 Å². The standard InChI is InChI=1S/C25H31N3O2S/c1-25(2,3)31(29)27-16-19-9-11-21(12-10-19)23-17-26-28-14-13-22(15-24(23)28)30-18-20-7-5-4-6-8-20/h4-8,13-17,19,21H,9-12,18H2,1-3H3/b27-16+. The lowest BCUT2D eigenvalue weighted by molar-refractivity contribution is 0.306. The van der Waals surface area contributed by atoms with E-state index in [1.165, 1.54) is 5.56 Å². The number of nitrogens with zero attached hydrogens (tertiary/aromatic N) is 3. The highest BCUT2D eigenvalue weighted by molar-refractivity contribution is 7.85. The van der Waals surface area contributed by atoms with E-state index >= 15 is 0 Å². The summed E-state index contributed by atoms with van der Waals surface area (Å²) in [5, 5.41) is 4.55. The second kappa shape index (κ2) is 9.35. The van der Waals surface area contributed by atoms with Gasteiger partial charge in [0, 0.05) is 24.0 Å². The van der Waals surface area contributed by atoms with Crippen LogP contribution in [0, 0.1) is 5.92 Å². The van der Waals surface area contributed by atoms with Crippen molar-refractivity contribution in [3.8, 4) is 5.75 Å². The number of ether oxygens (including phenoxy) is 1. The van der Waals surface area contributed by atoms with E-state index in [4.69, 9.17) is 4.74 Å². The van der Waals surface area contributed by atoms with E-state index in [0.717, 1.165) is 42.5 Å². The van der Waals surface area contributed by atoms with Gasteiger partial charge in [-0.25, -0.2) is 8.72 Å². The Morgan fingerprint density at radius 3 is 2.61 bits per heavy atom. The van der Waals surface area contributed by atoms with E-state index in [9.17, 15) is 4.21 Å². The minimum Gasteiger partial charge on any atom is -0.489 e. The molecule has 0 aliphatic heterocycles. The van der Waals surface area contributed by atoms with Crippen molar-refractivity contribution < 1.29 is 8.95 Å². The smallest absolute Gasteiger partial charge is 0.144 e. The number of fused-ring (bicyclic) bond motifs is 1. The molecule has 31 heavy (non-hydrogen) atoms. The van der Waals surface area contributed by atoms with Crippen molar-refractivity contribution in [1.82, 2.24) is 9.61 Å². The zero-order valence-corrected chi connectivity index (χ0v) is 19.3. The Bertz CT molecular complexity index is 1060. The normalized spacial score (nSPS) is 20.9. The van der Waals surface area contributed by atoms with Gasteiger partial charge in [0.2, 0.25) is 0 Å². The van der Waals surface area contributed by atoms with Crippen LogP contribution in [0.3, 0.4) is 0 Å². The fourth-order valence-electron chi connectivity index (χ4n) is 4.00. The van der Waals surface area contributed by atoms with Crippen LogP contribution in [0.15, 0.2) is 59.3 Å². The van der Waals surface area contributed by atoms with Crippen LogP contribution in [-0.2, 0) is 17.6 Å². The van der Waals surface area contributed by atoms with E-state index in [2.05, 4.69) is 27.7 Å². The van der Waals surface area contributed by atoms with Crippen LogP contribution in [0.4, 0.5) is 0 Å². The maximum absolute atomic E-state index is 12.2. The number of pyridine rings is 1. The van der Waals surface area contributed by atoms with Crippen molar-refractivity contribution in [1.29, 1.82) is 0 Å². The minimum absolute atomic E-state index is 0.301. The molecule has 2 heterocycles. The predicted molar refractivity (Wildman–Crippen MR) is 127 cm³/mol. The third-order valence-corrected chi connectivity index (χ3v) is 7.23. The van der Waals surface area contributed by atoms with Crippen LogP contribution in [0.25, 0.3) is 5.52 Å². The van der Waals surface area contributed by atoms with Gasteiger partial charge in [0.25, 0.3) is 0 Å². The van der Waals surface area contributed by atoms with Crippen molar-refractivity contribution in [2.75, 3.05) is 0 Å². The largest absolute Gasteiger partial charge is 0.489 e. The van der Waals surface area contributed by atoms with Gasteiger partial charge in [-0.1, -0.05) is 30.3 Å². The molecule has 0 bridgehead atoms. The quantitative estimate of drug-likeness (QED) is 0.464. The molecular formula is C25H31N3O2S. The summed E-state index contributed by atoms with van der Waals surface area (Å²) in [5.41, 5.74) is 3.57. The third-order valence-electron chi connectivity index (χ3n) is 5.87. The molecule has 0 spiro atoms. The monoisotopic (exact) mass is 437 g/mol. The number of aromatic nitrogens is 2. The highest BCUT2D eigenvalue weighted by Crippen LogP contribution is 2.37. The molecule has 1 aromatic carbocycles. The van der Waals surface area contributed by atoms with E-state index in [1.807, 2.05) is 68.2 Å². The van der Waals surface area contributed by atoms with Gasteiger partial charge in [0.15, 0.2) is 0 Å². The van der Waals surface area contributed by atoms with Crippen LogP contribution in [0.5, 0.6) is 5.75 Å². The zero-order chi connectivity index (χ0) is 21.8. The Morgan fingerprint density at radius 1 is 1.16 bits per heavy atom. The number of hydrogen-bond acceptors (Lipinski definition) is 3. The van der Waals surface area contributed by atoms with Gasteiger partial charge in [-0.3, -0.25) is 0 Å². The van der Waals surface area contributed by atoms with Gasteiger partial charge in [-0.05, 0) is 69.9 Å². The molecule has 0 saturated heterocycles. The maximum atomic E-state index is 12.2. The second-order valence-corrected chi connectivity index (χ2v) is 11.2. The molecule has 1 saturated carbocycles. The van der Waals surface area contributed by atoms with E-state index in [0.29, 0.717) is 18.4 Å². The highest BCUT2D eigenvalue weighted by atomic mass is 32.2. The molecule has 1 unspecified atom stereocenters. The van der Waals surface area contributed by atoms with Gasteiger partial charge in [0.05, 0.1) is 16.5 Å². The molecule has 5 nitrogen and oxygen atoms in total. The molecule has 4 rings (SSSR count). The Labute approximate surface area is 187 Å². The van der Waals surface area contributed by atoms with Crippen LogP contribution in [0.1, 0.15) is 63.5 Å². The first-order valence-corrected chi connectivity index (χ1v) is 12.1. The summed E-state index contributed by atoms with van der Waals surface area (Å²) in [6.45, 7) is 6.43. The van der Waals surface area contributed by atoms with Crippen molar-refractivity contribution in [3.05, 3.63) is 66.0 Å². The van der Waals surface area contributed by atoms with Crippen LogP contribution in [0.2, 0.25) is 0 Å². The lowest BCUT2D eigenvalue weighted by atomic mass is 9.79. The van der Waals surface area contributed by atoms with Crippen molar-refractivity contribution >= 4 is 22.7 Å². The molecule has 0 amide bonds. The summed E-state index contributed by atoms with van der Waals surface area (Å²) in [6.07, 6.45) is 10.2. The first-order valence-electron chi connectivity index (χ1n) is 11.0. The Morgan fingerprint density at radius 2 is 1.90 bits per heavy atom. The van der Waals surface area contributed by atoms with Crippen molar-refractivity contribution in [2.45, 2.75) is 63.7 Å². The second-order valence-electron chi connectivity index (χ2n) is 9.29. The van der Waals surface area contributed by atoms with Gasteiger partial charge in [-0.2, -0.15) is 9.50 Å². The molecule has 0 radical (unpaired) electrons. The summed E-state index contributed by atoms with van der Waals surface area (Å²) in [4.78, 5) is 0. The molecule has 1 fully saturated rings. The fourth-order valence-corrected chi connectivity index (χ4v) is 4.60. The molecule has 1 aliphatic rings. The Kier molecular flexibility index (Phi) is 6.56. The van der Waals surface area contributed by atoms with Crippen LogP contribution >= 0.6 is 0 Å². The summed E-state index contributed by atoms with van der Waals surface area (Å²) in [7, 11) is -1.17. The zero-order valence-electron chi connectivity index (χ0n) is 18.5. The first kappa shape index (κ1) is 21.8. The van der Waals surface area contributed by atoms with Crippen LogP contribution < -0.4 is 4.74 Å². The average Bonchev–Trinajstić information content (AvgIpc) is 3.20. The summed E-state index contributed by atoms with van der Waals surface area (Å²) >= 11 is 0. The Hall–Kier alpha value is -2.47. The summed E-state index contributed by atoms with van der Waals surface area (Å²) < 4.78 is 24.2. The molecular weight excluding hydrogens is 406 g/mol. The summed E-state index contributed by atoms with van der Waals surface area (Å²) in [6, 6.07) is 14.3. The average molecular weight is 438 g/mol.